The molecule has 0 unspecified atom stereocenters. The molecule has 0 aromatic heterocycles. The molecular weight excluding hydrogens is 352 g/mol. The van der Waals surface area contributed by atoms with Crippen LogP contribution in [0.4, 0.5) is 5.69 Å². The standard InChI is InChI=1S/C15H17BrN2O4/c1-9-3-4-10(7-12(9)16)17-13-11(15(21)22-2)8-18(5-6-19)14(13)20/h3-4,7,17,19H,5-6,8H2,1-2H3. The van der Waals surface area contributed by atoms with Crippen LogP contribution in [-0.4, -0.2) is 48.7 Å². The number of carbonyl (C=O) groups is 2. The van der Waals surface area contributed by atoms with E-state index in [9.17, 15) is 9.59 Å². The van der Waals surface area contributed by atoms with Crippen LogP contribution < -0.4 is 5.32 Å². The summed E-state index contributed by atoms with van der Waals surface area (Å²) in [6.07, 6.45) is 0. The first-order valence-corrected chi connectivity index (χ1v) is 7.52. The third-order valence-corrected chi connectivity index (χ3v) is 4.25. The molecule has 0 aliphatic carbocycles. The topological polar surface area (TPSA) is 78.9 Å². The van der Waals surface area contributed by atoms with Crippen LogP contribution in [0, 0.1) is 6.92 Å². The number of anilines is 1. The van der Waals surface area contributed by atoms with E-state index >= 15 is 0 Å². The van der Waals surface area contributed by atoms with Gasteiger partial charge in [0.25, 0.3) is 5.91 Å². The van der Waals surface area contributed by atoms with Crippen molar-refractivity contribution in [2.75, 3.05) is 32.1 Å². The molecule has 2 rings (SSSR count). The number of β-amino-alcohol motifs (C(OH)–C–C–N with tert-alkyl or cyclic N) is 1. The molecule has 0 saturated carbocycles. The van der Waals surface area contributed by atoms with Gasteiger partial charge in [0.15, 0.2) is 0 Å². The molecule has 1 aromatic rings. The second-order valence-electron chi connectivity index (χ2n) is 4.88. The first kappa shape index (κ1) is 16.5. The maximum Gasteiger partial charge on any atom is 0.337 e. The normalized spacial score (nSPS) is 14.5. The van der Waals surface area contributed by atoms with Crippen molar-refractivity contribution in [3.63, 3.8) is 0 Å². The van der Waals surface area contributed by atoms with E-state index in [0.717, 1.165) is 10.0 Å². The number of hydrogen-bond donors (Lipinski definition) is 2. The molecule has 1 aromatic carbocycles. The number of hydrogen-bond acceptors (Lipinski definition) is 5. The number of aryl methyl sites for hydroxylation is 1. The monoisotopic (exact) mass is 368 g/mol. The van der Waals surface area contributed by atoms with Crippen LogP contribution >= 0.6 is 15.9 Å². The zero-order valence-corrected chi connectivity index (χ0v) is 13.9. The molecule has 2 N–H and O–H groups in total. The van der Waals surface area contributed by atoms with Gasteiger partial charge in [0, 0.05) is 16.7 Å². The number of ether oxygens (including phenoxy) is 1. The van der Waals surface area contributed by atoms with E-state index in [1.165, 1.54) is 12.0 Å². The molecule has 6 nitrogen and oxygen atoms in total. The largest absolute Gasteiger partial charge is 0.466 e. The van der Waals surface area contributed by atoms with E-state index in [2.05, 4.69) is 21.2 Å². The third-order valence-electron chi connectivity index (χ3n) is 3.39. The number of rotatable bonds is 5. The molecule has 7 heteroatoms. The summed E-state index contributed by atoms with van der Waals surface area (Å²) in [5, 5.41) is 12.0. The zero-order valence-electron chi connectivity index (χ0n) is 12.4. The van der Waals surface area contributed by atoms with Gasteiger partial charge in [-0.25, -0.2) is 4.79 Å². The summed E-state index contributed by atoms with van der Waals surface area (Å²) < 4.78 is 5.63. The average Bonchev–Trinajstić information content (AvgIpc) is 2.80. The molecule has 0 saturated heterocycles. The van der Waals surface area contributed by atoms with Crippen molar-refractivity contribution in [3.8, 4) is 0 Å². The van der Waals surface area contributed by atoms with Gasteiger partial charge >= 0.3 is 5.97 Å². The maximum absolute atomic E-state index is 12.4. The Labute approximate surface area is 136 Å². The van der Waals surface area contributed by atoms with E-state index in [1.54, 1.807) is 0 Å². The lowest BCUT2D eigenvalue weighted by molar-refractivity contribution is -0.136. The number of carbonyl (C=O) groups excluding carboxylic acids is 2. The van der Waals surface area contributed by atoms with Gasteiger partial charge in [-0.15, -0.1) is 0 Å². The summed E-state index contributed by atoms with van der Waals surface area (Å²) >= 11 is 3.43. The van der Waals surface area contributed by atoms with Gasteiger partial charge in [0.05, 0.1) is 25.8 Å². The molecule has 0 bridgehead atoms. The van der Waals surface area contributed by atoms with Crippen molar-refractivity contribution in [2.45, 2.75) is 6.92 Å². The molecule has 0 radical (unpaired) electrons. The van der Waals surface area contributed by atoms with Crippen LogP contribution in [0.2, 0.25) is 0 Å². The second kappa shape index (κ2) is 6.93. The first-order valence-electron chi connectivity index (χ1n) is 6.72. The highest BCUT2D eigenvalue weighted by atomic mass is 79.9. The Kier molecular flexibility index (Phi) is 5.20. The second-order valence-corrected chi connectivity index (χ2v) is 5.74. The Balaban J connectivity index is 2.32. The molecule has 1 aliphatic heterocycles. The quantitative estimate of drug-likeness (QED) is 0.768. The van der Waals surface area contributed by atoms with Crippen LogP contribution in [0.1, 0.15) is 5.56 Å². The Morgan fingerprint density at radius 1 is 1.50 bits per heavy atom. The molecule has 0 fully saturated rings. The lowest BCUT2D eigenvalue weighted by Gasteiger charge is -2.15. The Bertz CT molecular complexity index is 642. The highest BCUT2D eigenvalue weighted by Crippen LogP contribution is 2.25. The van der Waals surface area contributed by atoms with Crippen LogP contribution in [0.5, 0.6) is 0 Å². The third kappa shape index (κ3) is 3.31. The van der Waals surface area contributed by atoms with Crippen molar-refractivity contribution < 1.29 is 19.4 Å². The van der Waals surface area contributed by atoms with Gasteiger partial charge in [-0.3, -0.25) is 4.79 Å². The van der Waals surface area contributed by atoms with Crippen molar-refractivity contribution in [3.05, 3.63) is 39.5 Å². The van der Waals surface area contributed by atoms with Gasteiger partial charge in [0.2, 0.25) is 0 Å². The van der Waals surface area contributed by atoms with Crippen molar-refractivity contribution in [1.82, 2.24) is 4.90 Å². The number of methoxy groups -OCH3 is 1. The van der Waals surface area contributed by atoms with Crippen LogP contribution in [-0.2, 0) is 14.3 Å². The Hall–Kier alpha value is -1.86. The van der Waals surface area contributed by atoms with E-state index in [0.29, 0.717) is 5.69 Å². The number of aliphatic hydroxyl groups is 1. The summed E-state index contributed by atoms with van der Waals surface area (Å²) in [5.41, 5.74) is 2.20. The summed E-state index contributed by atoms with van der Waals surface area (Å²) in [7, 11) is 1.27. The van der Waals surface area contributed by atoms with Gasteiger partial charge < -0.3 is 20.1 Å². The SMILES string of the molecule is COC(=O)C1=C(Nc2ccc(C)c(Br)c2)C(=O)N(CCO)C1. The fourth-order valence-corrected chi connectivity index (χ4v) is 2.54. The van der Waals surface area contributed by atoms with Gasteiger partial charge in [-0.05, 0) is 24.6 Å². The zero-order chi connectivity index (χ0) is 16.3. The van der Waals surface area contributed by atoms with E-state index in [4.69, 9.17) is 9.84 Å². The average molecular weight is 369 g/mol. The number of halogens is 1. The molecule has 22 heavy (non-hydrogen) atoms. The van der Waals surface area contributed by atoms with Crippen molar-refractivity contribution in [2.24, 2.45) is 0 Å². The minimum Gasteiger partial charge on any atom is -0.466 e. The Morgan fingerprint density at radius 2 is 2.23 bits per heavy atom. The lowest BCUT2D eigenvalue weighted by Crippen LogP contribution is -2.31. The van der Waals surface area contributed by atoms with Crippen LogP contribution in [0.3, 0.4) is 0 Å². The van der Waals surface area contributed by atoms with Gasteiger partial charge in [0.1, 0.15) is 5.70 Å². The lowest BCUT2D eigenvalue weighted by atomic mass is 10.2. The van der Waals surface area contributed by atoms with Crippen molar-refractivity contribution in [1.29, 1.82) is 0 Å². The number of nitrogens with zero attached hydrogens (tertiary/aromatic N) is 1. The smallest absolute Gasteiger partial charge is 0.337 e. The Morgan fingerprint density at radius 3 is 2.82 bits per heavy atom. The fourth-order valence-electron chi connectivity index (χ4n) is 2.16. The summed E-state index contributed by atoms with van der Waals surface area (Å²) in [6, 6.07) is 5.55. The molecule has 0 spiro atoms. The predicted octanol–water partition coefficient (Wildman–Crippen LogP) is 1.43. The number of aliphatic hydroxyl groups excluding tert-OH is 1. The minimum atomic E-state index is -0.553. The number of nitrogens with one attached hydrogen (secondary N) is 1. The predicted molar refractivity (Wildman–Crippen MR) is 85.2 cm³/mol. The van der Waals surface area contributed by atoms with E-state index in [1.807, 2.05) is 25.1 Å². The van der Waals surface area contributed by atoms with E-state index in [-0.39, 0.29) is 36.9 Å². The van der Waals surface area contributed by atoms with Gasteiger partial charge in [-0.1, -0.05) is 22.0 Å². The first-order chi connectivity index (χ1) is 10.5. The fraction of sp³-hybridized carbons (Fsp3) is 0.333. The number of esters is 1. The van der Waals surface area contributed by atoms with Crippen molar-refractivity contribution >= 4 is 33.5 Å². The summed E-state index contributed by atoms with van der Waals surface area (Å²) in [4.78, 5) is 25.6. The maximum atomic E-state index is 12.4. The highest BCUT2D eigenvalue weighted by Gasteiger charge is 2.34. The molecule has 1 amide bonds. The number of amides is 1. The van der Waals surface area contributed by atoms with Gasteiger partial charge in [-0.2, -0.15) is 0 Å². The van der Waals surface area contributed by atoms with E-state index < -0.39 is 5.97 Å². The van der Waals surface area contributed by atoms with Crippen LogP contribution in [0.25, 0.3) is 0 Å². The molecule has 0 atom stereocenters. The molecule has 1 heterocycles. The molecule has 118 valence electrons. The number of benzene rings is 1. The molecular formula is C15H17BrN2O4. The summed E-state index contributed by atoms with van der Waals surface area (Å²) in [5.74, 6) is -0.881. The van der Waals surface area contributed by atoms with Crippen LogP contribution in [0.15, 0.2) is 33.9 Å². The minimum absolute atomic E-state index is 0.126. The molecule has 1 aliphatic rings. The summed E-state index contributed by atoms with van der Waals surface area (Å²) in [6.45, 7) is 2.09. The highest BCUT2D eigenvalue weighted by molar-refractivity contribution is 9.10.